The smallest absolute Gasteiger partial charge is 0.324 e. The van der Waals surface area contributed by atoms with E-state index in [4.69, 9.17) is 5.73 Å². The zero-order chi connectivity index (χ0) is 26.6. The molecule has 0 aliphatic carbocycles. The van der Waals surface area contributed by atoms with Crippen LogP contribution in [0, 0.1) is 0 Å². The van der Waals surface area contributed by atoms with Gasteiger partial charge in [0.15, 0.2) is 0 Å². The molecule has 1 heterocycles. The monoisotopic (exact) mass is 531 g/mol. The van der Waals surface area contributed by atoms with E-state index in [1.165, 1.54) is 0 Å². The Labute approximate surface area is 227 Å². The van der Waals surface area contributed by atoms with Gasteiger partial charge in [-0.3, -0.25) is 9.62 Å². The molecule has 192 valence electrons. The van der Waals surface area contributed by atoms with Crippen molar-refractivity contribution in [3.05, 3.63) is 84.6 Å². The molecule has 0 unspecified atom stereocenters. The van der Waals surface area contributed by atoms with Gasteiger partial charge in [-0.05, 0) is 74.7 Å². The molecular weight excluding hydrogens is 498 g/mol. The highest BCUT2D eigenvalue weighted by Crippen LogP contribution is 2.39. The molecule has 3 aromatic carbocycles. The first-order valence-electron chi connectivity index (χ1n) is 12.0. The van der Waals surface area contributed by atoms with E-state index >= 15 is 0 Å². The molecule has 0 bridgehead atoms. The lowest BCUT2D eigenvalue weighted by atomic mass is 10.1. The maximum Gasteiger partial charge on any atom is 0.324 e. The van der Waals surface area contributed by atoms with Crippen molar-refractivity contribution in [1.29, 1.82) is 0 Å². The molecule has 0 fully saturated rings. The van der Waals surface area contributed by atoms with Crippen molar-refractivity contribution in [2.45, 2.75) is 37.8 Å². The van der Waals surface area contributed by atoms with Crippen molar-refractivity contribution in [2.75, 3.05) is 24.7 Å². The molecule has 0 spiro atoms. The quantitative estimate of drug-likeness (QED) is 0.196. The first kappa shape index (κ1) is 26.7. The molecule has 0 atom stereocenters. The lowest BCUT2D eigenvalue weighted by molar-refractivity contribution is 0.215. The van der Waals surface area contributed by atoms with Crippen LogP contribution in [0.5, 0.6) is 0 Å². The van der Waals surface area contributed by atoms with Crippen molar-refractivity contribution < 1.29 is 4.79 Å². The summed E-state index contributed by atoms with van der Waals surface area (Å²) in [6.45, 7) is 6.93. The predicted molar refractivity (Wildman–Crippen MR) is 158 cm³/mol. The second-order valence-electron chi connectivity index (χ2n) is 9.97. The lowest BCUT2D eigenvalue weighted by Crippen LogP contribution is -2.38. The molecule has 0 aliphatic heterocycles. The van der Waals surface area contributed by atoms with E-state index < -0.39 is 0 Å². The topological polar surface area (TPSA) is 74.5 Å². The third-order valence-corrected chi connectivity index (χ3v) is 7.98. The highest BCUT2D eigenvalue weighted by molar-refractivity contribution is 7.97. The number of anilines is 2. The highest BCUT2D eigenvalue weighted by Gasteiger charge is 2.20. The third kappa shape index (κ3) is 6.91. The van der Waals surface area contributed by atoms with Crippen LogP contribution in [0.25, 0.3) is 21.0 Å². The minimum atomic E-state index is -0.0849. The van der Waals surface area contributed by atoms with Gasteiger partial charge in [-0.1, -0.05) is 36.4 Å². The second-order valence-corrected chi connectivity index (χ2v) is 11.8. The standard InChI is InChI=1S/C29H33N5OS2/c1-29(2,3)32-37-25-17-23(34(5)28(35)33(4)19-20-9-7-6-8-10-20)15-16-24(25)26-18-31-27(36-26)21-11-13-22(30)14-12-21/h6-18,32H,19,30H2,1-5H3. The molecule has 4 rings (SSSR count). The van der Waals surface area contributed by atoms with Crippen LogP contribution in [0.4, 0.5) is 16.2 Å². The number of hydrogen-bond acceptors (Lipinski definition) is 6. The maximum atomic E-state index is 13.2. The second kappa shape index (κ2) is 11.4. The number of nitrogen functional groups attached to an aromatic ring is 1. The van der Waals surface area contributed by atoms with Crippen molar-refractivity contribution >= 4 is 40.7 Å². The summed E-state index contributed by atoms with van der Waals surface area (Å²) in [6, 6.07) is 23.8. The molecule has 0 radical (unpaired) electrons. The predicted octanol–water partition coefficient (Wildman–Crippen LogP) is 7.14. The van der Waals surface area contributed by atoms with Crippen LogP contribution < -0.4 is 15.4 Å². The summed E-state index contributed by atoms with van der Waals surface area (Å²) in [4.78, 5) is 23.4. The SMILES string of the molecule is CN(Cc1ccccc1)C(=O)N(C)c1ccc(-c2cnc(-c3ccc(N)cc3)s2)c(SNC(C)(C)C)c1. The molecule has 0 saturated carbocycles. The van der Waals surface area contributed by atoms with E-state index in [9.17, 15) is 4.79 Å². The van der Waals surface area contributed by atoms with Crippen LogP contribution in [0.3, 0.4) is 0 Å². The zero-order valence-electron chi connectivity index (χ0n) is 21.9. The summed E-state index contributed by atoms with van der Waals surface area (Å²) < 4.78 is 3.52. The molecular formula is C29H33N5OS2. The number of amides is 2. The molecule has 2 amide bonds. The number of thiazole rings is 1. The minimum absolute atomic E-state index is 0.0697. The Kier molecular flexibility index (Phi) is 8.22. The van der Waals surface area contributed by atoms with Crippen molar-refractivity contribution in [3.63, 3.8) is 0 Å². The van der Waals surface area contributed by atoms with E-state index in [0.29, 0.717) is 6.54 Å². The van der Waals surface area contributed by atoms with E-state index in [0.717, 1.165) is 42.8 Å². The molecule has 0 saturated heterocycles. The largest absolute Gasteiger partial charge is 0.399 e. The number of nitrogens with zero attached hydrogens (tertiary/aromatic N) is 3. The van der Waals surface area contributed by atoms with Gasteiger partial charge in [-0.25, -0.2) is 9.78 Å². The molecule has 6 nitrogen and oxygen atoms in total. The molecule has 0 aliphatic rings. The van der Waals surface area contributed by atoms with Crippen LogP contribution in [0.2, 0.25) is 0 Å². The summed E-state index contributed by atoms with van der Waals surface area (Å²) in [5.41, 5.74) is 10.5. The van der Waals surface area contributed by atoms with Gasteiger partial charge in [0, 0.05) is 59.8 Å². The summed E-state index contributed by atoms with van der Waals surface area (Å²) >= 11 is 3.21. The van der Waals surface area contributed by atoms with Gasteiger partial charge in [0.05, 0.1) is 4.88 Å². The Hall–Kier alpha value is -3.33. The normalized spacial score (nSPS) is 11.4. The van der Waals surface area contributed by atoms with Crippen LogP contribution in [-0.2, 0) is 6.54 Å². The summed E-state index contributed by atoms with van der Waals surface area (Å²) in [7, 11) is 3.64. The average molecular weight is 532 g/mol. The van der Waals surface area contributed by atoms with Gasteiger partial charge in [-0.2, -0.15) is 0 Å². The van der Waals surface area contributed by atoms with E-state index in [-0.39, 0.29) is 11.6 Å². The number of hydrogen-bond donors (Lipinski definition) is 2. The van der Waals surface area contributed by atoms with Gasteiger partial charge in [0.25, 0.3) is 0 Å². The Balaban J connectivity index is 1.61. The molecule has 1 aromatic heterocycles. The Bertz CT molecular complexity index is 1350. The molecule has 4 aromatic rings. The van der Waals surface area contributed by atoms with Crippen LogP contribution >= 0.6 is 23.3 Å². The van der Waals surface area contributed by atoms with Gasteiger partial charge in [0.2, 0.25) is 0 Å². The first-order valence-corrected chi connectivity index (χ1v) is 13.7. The van der Waals surface area contributed by atoms with E-state index in [1.54, 1.807) is 33.1 Å². The fourth-order valence-electron chi connectivity index (χ4n) is 3.66. The number of carbonyl (C=O) groups excluding carboxylic acids is 1. The average Bonchev–Trinajstić information content (AvgIpc) is 3.37. The minimum Gasteiger partial charge on any atom is -0.399 e. The van der Waals surface area contributed by atoms with Gasteiger partial charge in [0.1, 0.15) is 5.01 Å². The van der Waals surface area contributed by atoms with Crippen LogP contribution in [0.1, 0.15) is 26.3 Å². The number of carbonyl (C=O) groups is 1. The number of urea groups is 1. The van der Waals surface area contributed by atoms with Gasteiger partial charge < -0.3 is 10.6 Å². The number of rotatable bonds is 7. The molecule has 37 heavy (non-hydrogen) atoms. The van der Waals surface area contributed by atoms with E-state index in [1.807, 2.05) is 81.0 Å². The fourth-order valence-corrected chi connectivity index (χ4v) is 5.57. The van der Waals surface area contributed by atoms with Crippen molar-refractivity contribution in [1.82, 2.24) is 14.6 Å². The van der Waals surface area contributed by atoms with Crippen molar-refractivity contribution in [2.24, 2.45) is 0 Å². The molecule has 8 heteroatoms. The fraction of sp³-hybridized carbons (Fsp3) is 0.241. The van der Waals surface area contributed by atoms with Gasteiger partial charge >= 0.3 is 6.03 Å². The lowest BCUT2D eigenvalue weighted by Gasteiger charge is -2.26. The number of nitrogens with one attached hydrogen (secondary N) is 1. The van der Waals surface area contributed by atoms with Crippen molar-refractivity contribution in [3.8, 4) is 21.0 Å². The number of aromatic nitrogens is 1. The Morgan fingerprint density at radius 2 is 1.73 bits per heavy atom. The maximum absolute atomic E-state index is 13.2. The zero-order valence-corrected chi connectivity index (χ0v) is 23.5. The number of nitrogens with two attached hydrogens (primary N) is 1. The van der Waals surface area contributed by atoms with Crippen LogP contribution in [-0.4, -0.2) is 35.5 Å². The Morgan fingerprint density at radius 1 is 1.03 bits per heavy atom. The van der Waals surface area contributed by atoms with E-state index in [2.05, 4.69) is 42.6 Å². The first-order chi connectivity index (χ1) is 17.6. The molecule has 3 N–H and O–H groups in total. The third-order valence-electron chi connectivity index (χ3n) is 5.62. The van der Waals surface area contributed by atoms with Crippen LogP contribution in [0.15, 0.2) is 83.9 Å². The summed E-state index contributed by atoms with van der Waals surface area (Å²) in [5.74, 6) is 0. The highest BCUT2D eigenvalue weighted by atomic mass is 32.2. The summed E-state index contributed by atoms with van der Waals surface area (Å²) in [5, 5.41) is 0.939. The Morgan fingerprint density at radius 3 is 2.41 bits per heavy atom. The van der Waals surface area contributed by atoms with Gasteiger partial charge in [-0.15, -0.1) is 11.3 Å². The number of benzene rings is 3. The summed E-state index contributed by atoms with van der Waals surface area (Å²) in [6.07, 6.45) is 1.91.